The second kappa shape index (κ2) is 5.19. The van der Waals surface area contributed by atoms with Gasteiger partial charge in [0.05, 0.1) is 5.38 Å². The van der Waals surface area contributed by atoms with E-state index in [1.165, 1.54) is 12.1 Å². The van der Waals surface area contributed by atoms with Crippen molar-refractivity contribution in [2.75, 3.05) is 0 Å². The molecule has 2 aromatic rings. The third-order valence-corrected chi connectivity index (χ3v) is 3.66. The minimum atomic E-state index is -0.256. The minimum Gasteiger partial charge on any atom is -0.207 e. The largest absolute Gasteiger partial charge is 0.207 e. The van der Waals surface area contributed by atoms with Gasteiger partial charge in [-0.3, -0.25) is 0 Å². The molecule has 0 N–H and O–H groups in total. The number of aryl methyl sites for hydroxylation is 1. The minimum absolute atomic E-state index is 0.247. The molecule has 0 bridgehead atoms. The van der Waals surface area contributed by atoms with E-state index in [0.29, 0.717) is 0 Å². The monoisotopic (exact) mass is 312 g/mol. The molecule has 0 nitrogen and oxygen atoms in total. The summed E-state index contributed by atoms with van der Waals surface area (Å²) in [6.07, 6.45) is 0. The molecule has 0 fully saturated rings. The van der Waals surface area contributed by atoms with Crippen molar-refractivity contribution in [3.8, 4) is 0 Å². The predicted molar refractivity (Wildman–Crippen MR) is 73.0 cm³/mol. The van der Waals surface area contributed by atoms with E-state index in [1.54, 1.807) is 12.1 Å². The van der Waals surface area contributed by atoms with Gasteiger partial charge in [-0.15, -0.1) is 11.6 Å². The van der Waals surface area contributed by atoms with Gasteiger partial charge in [0.25, 0.3) is 0 Å². The lowest BCUT2D eigenvalue weighted by Gasteiger charge is -2.13. The average Bonchev–Trinajstić information content (AvgIpc) is 2.32. The molecule has 0 saturated heterocycles. The first-order valence-electron chi connectivity index (χ1n) is 5.23. The van der Waals surface area contributed by atoms with Gasteiger partial charge < -0.3 is 0 Å². The highest BCUT2D eigenvalue weighted by Gasteiger charge is 2.13. The molecule has 1 unspecified atom stereocenters. The van der Waals surface area contributed by atoms with Crippen LogP contribution in [0.3, 0.4) is 0 Å². The summed E-state index contributed by atoms with van der Waals surface area (Å²) >= 11 is 9.85. The molecule has 88 valence electrons. The van der Waals surface area contributed by atoms with Crippen molar-refractivity contribution in [2.45, 2.75) is 12.3 Å². The summed E-state index contributed by atoms with van der Waals surface area (Å²) in [5, 5.41) is -0.256. The van der Waals surface area contributed by atoms with Crippen LogP contribution in [-0.4, -0.2) is 0 Å². The maximum Gasteiger partial charge on any atom is 0.123 e. The lowest BCUT2D eigenvalue weighted by molar-refractivity contribution is 0.627. The summed E-state index contributed by atoms with van der Waals surface area (Å²) < 4.78 is 13.8. The number of alkyl halides is 1. The Morgan fingerprint density at radius 2 is 1.76 bits per heavy atom. The average molecular weight is 314 g/mol. The molecule has 0 spiro atoms. The fraction of sp³-hybridized carbons (Fsp3) is 0.143. The van der Waals surface area contributed by atoms with E-state index in [4.69, 9.17) is 11.6 Å². The number of rotatable bonds is 2. The first-order valence-corrected chi connectivity index (χ1v) is 6.46. The summed E-state index contributed by atoms with van der Waals surface area (Å²) in [6.45, 7) is 2.01. The van der Waals surface area contributed by atoms with E-state index in [-0.39, 0.29) is 11.2 Å². The second-order valence-electron chi connectivity index (χ2n) is 3.92. The van der Waals surface area contributed by atoms with Gasteiger partial charge in [-0.05, 0) is 47.9 Å². The van der Waals surface area contributed by atoms with Crippen LogP contribution < -0.4 is 0 Å². The highest BCUT2D eigenvalue weighted by atomic mass is 79.9. The van der Waals surface area contributed by atoms with Crippen LogP contribution in [0.2, 0.25) is 0 Å². The molecule has 0 saturated carbocycles. The molecule has 2 aromatic carbocycles. The van der Waals surface area contributed by atoms with Crippen LogP contribution in [0.5, 0.6) is 0 Å². The molecule has 0 amide bonds. The first kappa shape index (κ1) is 12.6. The quantitative estimate of drug-likeness (QED) is 0.666. The van der Waals surface area contributed by atoms with Crippen LogP contribution in [0.15, 0.2) is 46.9 Å². The van der Waals surface area contributed by atoms with Crippen molar-refractivity contribution in [1.29, 1.82) is 0 Å². The van der Waals surface area contributed by atoms with Gasteiger partial charge >= 0.3 is 0 Å². The number of benzene rings is 2. The molecule has 0 aliphatic heterocycles. The topological polar surface area (TPSA) is 0 Å². The molecule has 0 aliphatic rings. The standard InChI is InChI=1S/C14H11BrClF/c1-9-2-5-11(15)8-13(9)14(16)10-3-6-12(17)7-4-10/h2-8,14H,1H3. The van der Waals surface area contributed by atoms with Crippen molar-refractivity contribution in [1.82, 2.24) is 0 Å². The third-order valence-electron chi connectivity index (χ3n) is 2.68. The Balaban J connectivity index is 2.39. The van der Waals surface area contributed by atoms with E-state index in [9.17, 15) is 4.39 Å². The number of hydrogen-bond acceptors (Lipinski definition) is 0. The number of halogens is 3. The van der Waals surface area contributed by atoms with E-state index in [2.05, 4.69) is 15.9 Å². The fourth-order valence-electron chi connectivity index (χ4n) is 1.70. The molecule has 0 heterocycles. The third kappa shape index (κ3) is 2.88. The predicted octanol–water partition coefficient (Wildman–Crippen LogP) is 5.22. The Kier molecular flexibility index (Phi) is 3.85. The molecular formula is C14H11BrClF. The molecule has 2 rings (SSSR count). The molecule has 0 radical (unpaired) electrons. The van der Waals surface area contributed by atoms with Crippen molar-refractivity contribution >= 4 is 27.5 Å². The van der Waals surface area contributed by atoms with Crippen molar-refractivity contribution in [3.05, 3.63) is 69.4 Å². The Morgan fingerprint density at radius 3 is 2.41 bits per heavy atom. The van der Waals surface area contributed by atoms with Gasteiger partial charge in [-0.25, -0.2) is 4.39 Å². The van der Waals surface area contributed by atoms with Crippen LogP contribution >= 0.6 is 27.5 Å². The molecule has 3 heteroatoms. The van der Waals surface area contributed by atoms with Crippen LogP contribution in [0.4, 0.5) is 4.39 Å². The summed E-state index contributed by atoms with van der Waals surface area (Å²) in [5.41, 5.74) is 3.06. The lowest BCUT2D eigenvalue weighted by Crippen LogP contribution is -1.96. The Bertz CT molecular complexity index is 522. The maximum absolute atomic E-state index is 12.8. The van der Waals surface area contributed by atoms with Gasteiger partial charge in [-0.1, -0.05) is 34.1 Å². The van der Waals surface area contributed by atoms with Gasteiger partial charge in [0, 0.05) is 4.47 Å². The van der Waals surface area contributed by atoms with Crippen molar-refractivity contribution in [3.63, 3.8) is 0 Å². The second-order valence-corrected chi connectivity index (χ2v) is 5.27. The van der Waals surface area contributed by atoms with Crippen molar-refractivity contribution in [2.24, 2.45) is 0 Å². The van der Waals surface area contributed by atoms with Gasteiger partial charge in [0.15, 0.2) is 0 Å². The van der Waals surface area contributed by atoms with Gasteiger partial charge in [0.1, 0.15) is 5.82 Å². The van der Waals surface area contributed by atoms with E-state index >= 15 is 0 Å². The maximum atomic E-state index is 12.8. The SMILES string of the molecule is Cc1ccc(Br)cc1C(Cl)c1ccc(F)cc1. The molecular weight excluding hydrogens is 303 g/mol. The van der Waals surface area contributed by atoms with Crippen LogP contribution in [0.1, 0.15) is 22.1 Å². The zero-order valence-electron chi connectivity index (χ0n) is 9.25. The lowest BCUT2D eigenvalue weighted by atomic mass is 10.0. The van der Waals surface area contributed by atoms with E-state index in [0.717, 1.165) is 21.2 Å². The van der Waals surface area contributed by atoms with Crippen LogP contribution in [0.25, 0.3) is 0 Å². The summed E-state index contributed by atoms with van der Waals surface area (Å²) in [7, 11) is 0. The van der Waals surface area contributed by atoms with Crippen LogP contribution in [0, 0.1) is 12.7 Å². The summed E-state index contributed by atoms with van der Waals surface area (Å²) in [5.74, 6) is -0.247. The first-order chi connectivity index (χ1) is 8.08. The zero-order chi connectivity index (χ0) is 12.4. The Hall–Kier alpha value is -0.860. The summed E-state index contributed by atoms with van der Waals surface area (Å²) in [6, 6.07) is 12.3. The molecule has 0 aliphatic carbocycles. The molecule has 0 aromatic heterocycles. The summed E-state index contributed by atoms with van der Waals surface area (Å²) in [4.78, 5) is 0. The highest BCUT2D eigenvalue weighted by Crippen LogP contribution is 2.32. The van der Waals surface area contributed by atoms with Gasteiger partial charge in [0.2, 0.25) is 0 Å². The van der Waals surface area contributed by atoms with Crippen LogP contribution in [-0.2, 0) is 0 Å². The Morgan fingerprint density at radius 1 is 1.12 bits per heavy atom. The normalized spacial score (nSPS) is 12.5. The fourth-order valence-corrected chi connectivity index (χ4v) is 2.46. The van der Waals surface area contributed by atoms with Crippen molar-refractivity contribution < 1.29 is 4.39 Å². The van der Waals surface area contributed by atoms with E-state index < -0.39 is 0 Å². The molecule has 1 atom stereocenters. The van der Waals surface area contributed by atoms with E-state index in [1.807, 2.05) is 25.1 Å². The molecule has 17 heavy (non-hydrogen) atoms. The van der Waals surface area contributed by atoms with Gasteiger partial charge in [-0.2, -0.15) is 0 Å². The zero-order valence-corrected chi connectivity index (χ0v) is 11.6. The smallest absolute Gasteiger partial charge is 0.123 e. The number of hydrogen-bond donors (Lipinski definition) is 0. The highest BCUT2D eigenvalue weighted by molar-refractivity contribution is 9.10. The Labute approximate surface area is 114 Å².